The lowest BCUT2D eigenvalue weighted by Gasteiger charge is -2.03. The summed E-state index contributed by atoms with van der Waals surface area (Å²) in [5.74, 6) is 0.193. The van der Waals surface area contributed by atoms with E-state index in [1.165, 1.54) is 16.5 Å². The molecule has 3 aromatic rings. The smallest absolute Gasteiger partial charge is 0.270 e. The molecule has 1 aromatic carbocycles. The van der Waals surface area contributed by atoms with Crippen molar-refractivity contribution in [3.8, 4) is 23.5 Å². The molecule has 120 valence electrons. The van der Waals surface area contributed by atoms with Crippen molar-refractivity contribution in [3.63, 3.8) is 0 Å². The van der Waals surface area contributed by atoms with Crippen molar-refractivity contribution in [2.24, 2.45) is 12.0 Å². The van der Waals surface area contributed by atoms with Crippen LogP contribution in [0.15, 0.2) is 40.0 Å². The Bertz CT molecular complexity index is 979. The normalized spacial score (nSPS) is 11.5. The fourth-order valence-corrected chi connectivity index (χ4v) is 2.17. The van der Waals surface area contributed by atoms with Crippen molar-refractivity contribution in [1.29, 1.82) is 5.26 Å². The van der Waals surface area contributed by atoms with Gasteiger partial charge in [-0.25, -0.2) is 4.98 Å². The Morgan fingerprint density at radius 3 is 2.75 bits per heavy atom. The maximum absolute atomic E-state index is 10.2. The number of aromatic hydroxyl groups is 1. The van der Waals surface area contributed by atoms with Gasteiger partial charge in [-0.15, -0.1) is 10.2 Å². The maximum Gasteiger partial charge on any atom is 0.270 e. The summed E-state index contributed by atoms with van der Waals surface area (Å²) >= 11 is 0. The van der Waals surface area contributed by atoms with Gasteiger partial charge in [-0.3, -0.25) is 0 Å². The minimum Gasteiger partial charge on any atom is -0.503 e. The third kappa shape index (κ3) is 3.01. The molecular weight excluding hydrogens is 308 g/mol. The highest BCUT2D eigenvalue weighted by atomic mass is 16.4. The lowest BCUT2D eigenvalue weighted by atomic mass is 10.1. The quantitative estimate of drug-likeness (QED) is 0.730. The highest BCUT2D eigenvalue weighted by Crippen LogP contribution is 2.22. The predicted molar refractivity (Wildman–Crippen MR) is 83.3 cm³/mol. The number of rotatable bonds is 3. The van der Waals surface area contributed by atoms with Gasteiger partial charge in [0.25, 0.3) is 5.89 Å². The first-order valence-electron chi connectivity index (χ1n) is 7.14. The van der Waals surface area contributed by atoms with Gasteiger partial charge in [0, 0.05) is 7.05 Å². The molecule has 0 saturated heterocycles. The predicted octanol–water partition coefficient (Wildman–Crippen LogP) is 1.46. The molecule has 0 aliphatic carbocycles. The van der Waals surface area contributed by atoms with Crippen LogP contribution in [0.4, 0.5) is 0 Å². The van der Waals surface area contributed by atoms with Crippen LogP contribution in [0.1, 0.15) is 17.0 Å². The van der Waals surface area contributed by atoms with E-state index in [2.05, 4.69) is 20.2 Å². The Labute approximate surface area is 137 Å². The summed E-state index contributed by atoms with van der Waals surface area (Å²) in [7, 11) is 1.61. The van der Waals surface area contributed by atoms with Crippen molar-refractivity contribution in [2.75, 3.05) is 0 Å². The molecule has 1 N–H and O–H groups in total. The number of benzene rings is 1. The van der Waals surface area contributed by atoms with Crippen LogP contribution in [0.2, 0.25) is 0 Å². The van der Waals surface area contributed by atoms with E-state index in [0.29, 0.717) is 12.3 Å². The summed E-state index contributed by atoms with van der Waals surface area (Å²) in [6, 6.07) is 7.99. The molecular formula is C16H14N6O2. The Hall–Kier alpha value is -3.47. The molecule has 2 heterocycles. The SMILES string of the molecule is Cc1ccc(Cc2nnc(-c3ncn(C)/c(=N\C#N)c3O)o2)cc1. The summed E-state index contributed by atoms with van der Waals surface area (Å²) in [5.41, 5.74) is 2.36. The molecule has 2 aromatic heterocycles. The van der Waals surface area contributed by atoms with Crippen LogP contribution < -0.4 is 5.49 Å². The van der Waals surface area contributed by atoms with Crippen LogP contribution in [0.5, 0.6) is 5.75 Å². The van der Waals surface area contributed by atoms with Crippen LogP contribution >= 0.6 is 0 Å². The number of nitriles is 1. The molecule has 0 spiro atoms. The average molecular weight is 322 g/mol. The average Bonchev–Trinajstić information content (AvgIpc) is 3.02. The molecule has 0 amide bonds. The van der Waals surface area contributed by atoms with Gasteiger partial charge >= 0.3 is 0 Å². The van der Waals surface area contributed by atoms with Crippen LogP contribution in [0.3, 0.4) is 0 Å². The number of hydrogen-bond donors (Lipinski definition) is 1. The zero-order valence-corrected chi connectivity index (χ0v) is 13.1. The molecule has 24 heavy (non-hydrogen) atoms. The van der Waals surface area contributed by atoms with Gasteiger partial charge in [0.15, 0.2) is 16.9 Å². The molecule has 0 aliphatic rings. The van der Waals surface area contributed by atoms with Gasteiger partial charge in [-0.1, -0.05) is 29.8 Å². The minimum absolute atomic E-state index is 0.0702. The third-order valence-corrected chi connectivity index (χ3v) is 3.43. The first kappa shape index (κ1) is 15.4. The summed E-state index contributed by atoms with van der Waals surface area (Å²) in [5, 5.41) is 26.8. The molecule has 8 nitrogen and oxygen atoms in total. The van der Waals surface area contributed by atoms with E-state index >= 15 is 0 Å². The lowest BCUT2D eigenvalue weighted by molar-refractivity contribution is 0.449. The Morgan fingerprint density at radius 2 is 2.04 bits per heavy atom. The van der Waals surface area contributed by atoms with Gasteiger partial charge < -0.3 is 14.1 Å². The van der Waals surface area contributed by atoms with Crippen molar-refractivity contribution in [2.45, 2.75) is 13.3 Å². The molecule has 0 saturated carbocycles. The molecule has 8 heteroatoms. The van der Waals surface area contributed by atoms with Gasteiger partial charge in [-0.2, -0.15) is 10.3 Å². The van der Waals surface area contributed by atoms with E-state index in [1.807, 2.05) is 31.2 Å². The number of aromatic nitrogens is 4. The lowest BCUT2D eigenvalue weighted by Crippen LogP contribution is -2.18. The zero-order chi connectivity index (χ0) is 17.1. The topological polar surface area (TPSA) is 113 Å². The highest BCUT2D eigenvalue weighted by molar-refractivity contribution is 5.54. The first-order valence-corrected chi connectivity index (χ1v) is 7.14. The molecule has 0 bridgehead atoms. The van der Waals surface area contributed by atoms with E-state index < -0.39 is 0 Å². The second-order valence-corrected chi connectivity index (χ2v) is 5.25. The van der Waals surface area contributed by atoms with E-state index in [4.69, 9.17) is 9.68 Å². The molecule has 0 unspecified atom stereocenters. The molecule has 0 fully saturated rings. The summed E-state index contributed by atoms with van der Waals surface area (Å²) in [6.45, 7) is 2.02. The number of nitrogens with zero attached hydrogens (tertiary/aromatic N) is 6. The van der Waals surface area contributed by atoms with Crippen LogP contribution in [0.25, 0.3) is 11.6 Å². The van der Waals surface area contributed by atoms with Crippen LogP contribution in [0, 0.1) is 18.4 Å². The van der Waals surface area contributed by atoms with Gasteiger partial charge in [-0.05, 0) is 12.5 Å². The molecule has 0 radical (unpaired) electrons. The van der Waals surface area contributed by atoms with Crippen molar-refractivity contribution in [1.82, 2.24) is 19.7 Å². The van der Waals surface area contributed by atoms with Crippen molar-refractivity contribution >= 4 is 0 Å². The second kappa shape index (κ2) is 6.34. The van der Waals surface area contributed by atoms with Crippen molar-refractivity contribution in [3.05, 3.63) is 53.1 Å². The van der Waals surface area contributed by atoms with Crippen LogP contribution in [-0.4, -0.2) is 24.9 Å². The number of aryl methyl sites for hydroxylation is 2. The third-order valence-electron chi connectivity index (χ3n) is 3.43. The highest BCUT2D eigenvalue weighted by Gasteiger charge is 2.17. The van der Waals surface area contributed by atoms with Gasteiger partial charge in [0.2, 0.25) is 12.1 Å². The Kier molecular flexibility index (Phi) is 4.07. The summed E-state index contributed by atoms with van der Waals surface area (Å²) in [6.07, 6.45) is 3.52. The van der Waals surface area contributed by atoms with Crippen molar-refractivity contribution < 1.29 is 9.52 Å². The second-order valence-electron chi connectivity index (χ2n) is 5.25. The Balaban J connectivity index is 1.94. The fraction of sp³-hybridized carbons (Fsp3) is 0.188. The van der Waals surface area contributed by atoms with E-state index in [1.54, 1.807) is 13.2 Å². The van der Waals surface area contributed by atoms with E-state index in [0.717, 1.165) is 5.56 Å². The molecule has 0 atom stereocenters. The van der Waals surface area contributed by atoms with Gasteiger partial charge in [0.1, 0.15) is 0 Å². The first-order chi connectivity index (χ1) is 11.6. The summed E-state index contributed by atoms with van der Waals surface area (Å²) < 4.78 is 7.00. The maximum atomic E-state index is 10.2. The van der Waals surface area contributed by atoms with E-state index in [-0.39, 0.29) is 22.8 Å². The monoisotopic (exact) mass is 322 g/mol. The van der Waals surface area contributed by atoms with E-state index in [9.17, 15) is 5.11 Å². The molecule has 3 rings (SSSR count). The zero-order valence-electron chi connectivity index (χ0n) is 13.1. The standard InChI is InChI=1S/C16H14N6O2/c1-10-3-5-11(6-4-10)7-12-20-21-16(24-12)13-14(23)15(18-8-17)22(2)9-19-13/h3-6,9,23H,7H2,1-2H3/b18-15-. The Morgan fingerprint density at radius 1 is 1.29 bits per heavy atom. The largest absolute Gasteiger partial charge is 0.503 e. The van der Waals surface area contributed by atoms with Crippen LogP contribution in [-0.2, 0) is 13.5 Å². The fourth-order valence-electron chi connectivity index (χ4n) is 2.17. The molecule has 0 aliphatic heterocycles. The number of hydrogen-bond acceptors (Lipinski definition) is 7. The minimum atomic E-state index is -0.285. The summed E-state index contributed by atoms with van der Waals surface area (Å²) in [4.78, 5) is 7.63. The van der Waals surface area contributed by atoms with Gasteiger partial charge in [0.05, 0.1) is 12.7 Å².